The summed E-state index contributed by atoms with van der Waals surface area (Å²) in [7, 11) is 1.61. The summed E-state index contributed by atoms with van der Waals surface area (Å²) in [6.07, 6.45) is 6.57. The van der Waals surface area contributed by atoms with Crippen LogP contribution in [0.1, 0.15) is 0 Å². The molecule has 358 valence electrons. The maximum Gasteiger partial charge on any atom is 0.323 e. The fourth-order valence-corrected chi connectivity index (χ4v) is 8.98. The summed E-state index contributed by atoms with van der Waals surface area (Å²) in [5.41, 5.74) is 7.77. The highest BCUT2D eigenvalue weighted by Crippen LogP contribution is 2.29. The molecule has 4 N–H and O–H groups in total. The van der Waals surface area contributed by atoms with E-state index in [1.54, 1.807) is 54.9 Å². The van der Waals surface area contributed by atoms with E-state index in [9.17, 15) is 24.9 Å². The number of piperazine rings is 2. The molecule has 0 bridgehead atoms. The number of carboxylic acid groups (broad SMARTS) is 1. The number of nitrogens with zero attached hydrogens (tertiary/aromatic N) is 16. The fraction of sp³-hybridized carbons (Fsp3) is 0.224. The molecule has 10 aromatic rings. The van der Waals surface area contributed by atoms with Crippen LogP contribution in [-0.4, -0.2) is 145 Å². The second-order valence-corrected chi connectivity index (χ2v) is 17.0. The molecule has 0 radical (unpaired) electrons. The van der Waals surface area contributed by atoms with Crippen LogP contribution >= 0.6 is 0 Å². The number of fused-ring (bicyclic) bond motifs is 4. The van der Waals surface area contributed by atoms with Crippen LogP contribution in [0.15, 0.2) is 122 Å². The standard InChI is InChI=1S/C25H25N9O2.C24H22N8O3/c1-26-21(36)14-33-15-28-22-23(33)29-25(30-24(22)34-16-27-19-4-2-3-5-20(19)34)32-12-10-31(11-13-32)17-6-8-18(35)9-7-17;33-17-7-5-16(6-8-17)29-9-11-30(12-10-29)24-27-22-21(26-14-31(22)13-20(34)35)23(28-24)32-15-25-18-3-1-2-4-19(18)32/h2-9,15-16,35H,10-14H2,1H3,(H,26,36);1-8,14-15,33H,9-13H2,(H,34,35). The van der Waals surface area contributed by atoms with E-state index in [0.29, 0.717) is 58.9 Å². The zero-order valence-corrected chi connectivity index (χ0v) is 38.4. The van der Waals surface area contributed by atoms with Gasteiger partial charge in [0.2, 0.25) is 17.8 Å². The lowest BCUT2D eigenvalue weighted by Crippen LogP contribution is -2.47. The van der Waals surface area contributed by atoms with Crippen molar-refractivity contribution in [2.24, 2.45) is 0 Å². The average molecular weight is 954 g/mol. The number of rotatable bonds is 10. The van der Waals surface area contributed by atoms with Crippen molar-refractivity contribution in [3.63, 3.8) is 0 Å². The number of imidazole rings is 4. The Bertz CT molecular complexity index is 3550. The first-order valence-electron chi connectivity index (χ1n) is 23.0. The van der Waals surface area contributed by atoms with Gasteiger partial charge in [-0.25, -0.2) is 19.9 Å². The molecule has 12 rings (SSSR count). The zero-order valence-electron chi connectivity index (χ0n) is 38.4. The summed E-state index contributed by atoms with van der Waals surface area (Å²) < 4.78 is 7.06. The summed E-state index contributed by atoms with van der Waals surface area (Å²) in [6, 6.07) is 30.0. The maximum atomic E-state index is 12.1. The number of hydrogen-bond acceptors (Lipinski definition) is 16. The quantitative estimate of drug-likeness (QED) is 0.150. The van der Waals surface area contributed by atoms with Crippen LogP contribution in [0.3, 0.4) is 0 Å². The number of phenols is 2. The van der Waals surface area contributed by atoms with E-state index in [-0.39, 0.29) is 30.5 Å². The predicted octanol–water partition coefficient (Wildman–Crippen LogP) is 4.23. The highest BCUT2D eigenvalue weighted by molar-refractivity contribution is 5.87. The molecular weight excluding hydrogens is 907 g/mol. The Morgan fingerprint density at radius 1 is 0.507 bits per heavy atom. The molecule has 4 aromatic carbocycles. The van der Waals surface area contributed by atoms with Crippen LogP contribution in [0, 0.1) is 0 Å². The summed E-state index contributed by atoms with van der Waals surface area (Å²) in [5.74, 6) is 1.68. The second-order valence-electron chi connectivity index (χ2n) is 17.0. The van der Waals surface area contributed by atoms with Gasteiger partial charge < -0.3 is 49.4 Å². The highest BCUT2D eigenvalue weighted by Gasteiger charge is 2.26. The molecular formula is C49H47N17O5. The van der Waals surface area contributed by atoms with Crippen LogP contribution in [0.5, 0.6) is 11.5 Å². The van der Waals surface area contributed by atoms with Crippen LogP contribution in [-0.2, 0) is 22.7 Å². The Balaban J connectivity index is 0.000000154. The maximum absolute atomic E-state index is 12.1. The molecule has 2 saturated heterocycles. The van der Waals surface area contributed by atoms with Gasteiger partial charge in [-0.2, -0.15) is 19.9 Å². The molecule has 2 aliphatic rings. The summed E-state index contributed by atoms with van der Waals surface area (Å²) in [4.78, 5) is 69.8. The number of anilines is 4. The van der Waals surface area contributed by atoms with E-state index in [1.807, 2.05) is 81.9 Å². The van der Waals surface area contributed by atoms with E-state index < -0.39 is 5.97 Å². The number of aliphatic carboxylic acids is 1. The van der Waals surface area contributed by atoms with Gasteiger partial charge in [0.05, 0.1) is 34.7 Å². The molecule has 22 nitrogen and oxygen atoms in total. The number of aromatic nitrogens is 12. The number of benzene rings is 4. The number of hydrogen-bond donors (Lipinski definition) is 4. The minimum atomic E-state index is -0.971. The van der Waals surface area contributed by atoms with Crippen LogP contribution in [0.4, 0.5) is 23.3 Å². The molecule has 1 amide bonds. The number of para-hydroxylation sites is 4. The first kappa shape index (κ1) is 44.2. The third-order valence-electron chi connectivity index (χ3n) is 12.7. The molecule has 0 atom stereocenters. The minimum Gasteiger partial charge on any atom is -0.508 e. The second kappa shape index (κ2) is 18.6. The Hall–Kier alpha value is -9.34. The van der Waals surface area contributed by atoms with Gasteiger partial charge >= 0.3 is 5.97 Å². The van der Waals surface area contributed by atoms with Crippen molar-refractivity contribution in [2.75, 3.05) is 79.0 Å². The number of amides is 1. The third kappa shape index (κ3) is 8.73. The van der Waals surface area contributed by atoms with E-state index >= 15 is 0 Å². The van der Waals surface area contributed by atoms with Crippen molar-refractivity contribution in [3.05, 3.63) is 122 Å². The van der Waals surface area contributed by atoms with Crippen molar-refractivity contribution in [1.29, 1.82) is 0 Å². The van der Waals surface area contributed by atoms with Gasteiger partial charge in [-0.05, 0) is 72.8 Å². The van der Waals surface area contributed by atoms with Gasteiger partial charge in [-0.3, -0.25) is 18.7 Å². The van der Waals surface area contributed by atoms with E-state index in [4.69, 9.17) is 19.9 Å². The molecule has 0 unspecified atom stereocenters. The monoisotopic (exact) mass is 953 g/mol. The highest BCUT2D eigenvalue weighted by atomic mass is 16.4. The predicted molar refractivity (Wildman–Crippen MR) is 267 cm³/mol. The SMILES string of the molecule is CNC(=O)Cn1cnc2c(-n3cnc4ccccc43)nc(N3CCN(c4ccc(O)cc4)CC3)nc21.O=C(O)Cn1cnc2c(-n3cnc4ccccc43)nc(N3CCN(c4ccc(O)cc4)CC3)nc21. The van der Waals surface area contributed by atoms with Gasteiger partial charge in [0.15, 0.2) is 34.0 Å². The molecule has 2 aliphatic heterocycles. The number of carboxylic acids is 1. The number of phenolic OH excluding ortho intramolecular Hbond substituents is 2. The largest absolute Gasteiger partial charge is 0.508 e. The van der Waals surface area contributed by atoms with Crippen molar-refractivity contribution < 1.29 is 24.9 Å². The van der Waals surface area contributed by atoms with Crippen LogP contribution < -0.4 is 24.9 Å². The zero-order chi connectivity index (χ0) is 48.6. The number of carbonyl (C=O) groups excluding carboxylic acids is 1. The van der Waals surface area contributed by atoms with Gasteiger partial charge in [-0.15, -0.1) is 0 Å². The summed E-state index contributed by atoms with van der Waals surface area (Å²) in [5, 5.41) is 31.2. The Morgan fingerprint density at radius 3 is 1.34 bits per heavy atom. The van der Waals surface area contributed by atoms with Crippen LogP contribution in [0.2, 0.25) is 0 Å². The summed E-state index contributed by atoms with van der Waals surface area (Å²) >= 11 is 0. The smallest absolute Gasteiger partial charge is 0.323 e. The molecule has 0 aliphatic carbocycles. The minimum absolute atomic E-state index is 0.113. The number of likely N-dealkylation sites (N-methyl/N-ethyl adjacent to an activating group) is 1. The lowest BCUT2D eigenvalue weighted by Gasteiger charge is -2.36. The normalized spacial score (nSPS) is 14.1. The van der Waals surface area contributed by atoms with E-state index in [1.165, 1.54) is 10.9 Å². The molecule has 71 heavy (non-hydrogen) atoms. The average Bonchev–Trinajstić information content (AvgIpc) is 4.22. The third-order valence-corrected chi connectivity index (χ3v) is 12.7. The Labute approximate surface area is 404 Å². The molecule has 22 heteroatoms. The van der Waals surface area contributed by atoms with Gasteiger partial charge in [-0.1, -0.05) is 24.3 Å². The molecule has 2 fully saturated rings. The number of nitrogens with one attached hydrogen (secondary N) is 1. The Morgan fingerprint density at radius 2 is 0.915 bits per heavy atom. The molecule has 6 aromatic heterocycles. The van der Waals surface area contributed by atoms with Gasteiger partial charge in [0.25, 0.3) is 0 Å². The molecule has 0 saturated carbocycles. The Kier molecular flexibility index (Phi) is 11.6. The van der Waals surface area contributed by atoms with Crippen molar-refractivity contribution in [3.8, 4) is 23.1 Å². The topological polar surface area (TPSA) is 243 Å². The van der Waals surface area contributed by atoms with Crippen molar-refractivity contribution in [2.45, 2.75) is 13.1 Å². The number of aromatic hydroxyl groups is 2. The lowest BCUT2D eigenvalue weighted by atomic mass is 10.2. The lowest BCUT2D eigenvalue weighted by molar-refractivity contribution is -0.137. The van der Waals surface area contributed by atoms with Crippen LogP contribution in [0.25, 0.3) is 56.0 Å². The van der Waals surface area contributed by atoms with E-state index in [0.717, 1.165) is 72.7 Å². The van der Waals surface area contributed by atoms with Gasteiger partial charge in [0, 0.05) is 70.8 Å². The first-order chi connectivity index (χ1) is 34.7. The van der Waals surface area contributed by atoms with E-state index in [2.05, 4.69) is 44.9 Å². The van der Waals surface area contributed by atoms with Crippen molar-refractivity contribution in [1.82, 2.24) is 63.5 Å². The first-order valence-corrected chi connectivity index (χ1v) is 23.0. The van der Waals surface area contributed by atoms with Crippen molar-refractivity contribution >= 4 is 79.5 Å². The number of carbonyl (C=O) groups is 2. The summed E-state index contributed by atoms with van der Waals surface area (Å²) in [6.45, 7) is 5.76. The fourth-order valence-electron chi connectivity index (χ4n) is 8.98. The molecule has 0 spiro atoms. The molecule has 8 heterocycles. The van der Waals surface area contributed by atoms with Gasteiger partial charge in [0.1, 0.15) is 37.2 Å².